The van der Waals surface area contributed by atoms with Gasteiger partial charge in [-0.1, -0.05) is 60.7 Å². The van der Waals surface area contributed by atoms with Crippen LogP contribution in [0.3, 0.4) is 0 Å². The Morgan fingerprint density at radius 3 is 1.49 bits per heavy atom. The summed E-state index contributed by atoms with van der Waals surface area (Å²) in [5.41, 5.74) is 1.86. The van der Waals surface area contributed by atoms with Gasteiger partial charge in [-0.3, -0.25) is 9.13 Å². The van der Waals surface area contributed by atoms with E-state index < -0.39 is 26.9 Å². The van der Waals surface area contributed by atoms with Crippen LogP contribution in [-0.2, 0) is 42.5 Å². The molecule has 0 saturated carbocycles. The standard InChI is InChI=1S/C19H23O5P.C6H15O5P.CH4O/c1-21-25(20,22-2)15-16-13-23-19(24-14-16,17-9-5-3-6-10-17)18-11-7-4-8-12-18;1-10-12(9,11-2)5-6(3-7)4-8;1-2/h3-12,16H,13-15H2,1-2H3;6-8H,3-5H2,1-2H3;2H,1H3. The Bertz CT molecular complexity index is 938. The molecular weight excluding hydrogens is 550 g/mol. The molecule has 2 aromatic carbocycles. The first-order valence-electron chi connectivity index (χ1n) is 12.2. The Balaban J connectivity index is 0.000000461. The van der Waals surface area contributed by atoms with Gasteiger partial charge < -0.3 is 42.9 Å². The number of rotatable bonds is 12. The van der Waals surface area contributed by atoms with Gasteiger partial charge in [-0.05, 0) is 0 Å². The van der Waals surface area contributed by atoms with Gasteiger partial charge in [0, 0.05) is 71.7 Å². The lowest BCUT2D eigenvalue weighted by molar-refractivity contribution is -0.264. The van der Waals surface area contributed by atoms with Crippen LogP contribution in [0.1, 0.15) is 11.1 Å². The van der Waals surface area contributed by atoms with Crippen LogP contribution < -0.4 is 0 Å². The van der Waals surface area contributed by atoms with Crippen molar-refractivity contribution in [2.45, 2.75) is 5.79 Å². The van der Waals surface area contributed by atoms with Crippen LogP contribution in [0.25, 0.3) is 0 Å². The zero-order chi connectivity index (χ0) is 29.4. The van der Waals surface area contributed by atoms with Crippen LogP contribution in [0.15, 0.2) is 60.7 Å². The van der Waals surface area contributed by atoms with Crippen molar-refractivity contribution in [2.75, 3.05) is 74.3 Å². The van der Waals surface area contributed by atoms with E-state index in [0.717, 1.165) is 18.2 Å². The van der Waals surface area contributed by atoms with E-state index in [1.807, 2.05) is 60.7 Å². The van der Waals surface area contributed by atoms with E-state index in [2.05, 4.69) is 9.05 Å². The Morgan fingerprint density at radius 1 is 0.769 bits per heavy atom. The maximum absolute atomic E-state index is 12.4. The van der Waals surface area contributed by atoms with Gasteiger partial charge in [-0.2, -0.15) is 0 Å². The molecule has 0 aromatic heterocycles. The maximum atomic E-state index is 12.4. The first-order valence-corrected chi connectivity index (χ1v) is 15.7. The van der Waals surface area contributed by atoms with Crippen LogP contribution in [0, 0.1) is 11.8 Å². The van der Waals surface area contributed by atoms with Crippen molar-refractivity contribution in [2.24, 2.45) is 11.8 Å². The minimum absolute atomic E-state index is 0.0347. The van der Waals surface area contributed by atoms with Crippen molar-refractivity contribution >= 4 is 15.2 Å². The normalized spacial score (nSPS) is 15.6. The third kappa shape index (κ3) is 10.5. The summed E-state index contributed by atoms with van der Waals surface area (Å²) in [5, 5.41) is 24.4. The molecule has 0 amide bonds. The van der Waals surface area contributed by atoms with Crippen molar-refractivity contribution in [1.29, 1.82) is 0 Å². The minimum atomic E-state index is -3.10. The summed E-state index contributed by atoms with van der Waals surface area (Å²) < 4.78 is 55.6. The molecule has 1 aliphatic rings. The van der Waals surface area contributed by atoms with E-state index in [0.29, 0.717) is 13.2 Å². The summed E-state index contributed by atoms with van der Waals surface area (Å²) in [6.45, 7) is 0.349. The van der Waals surface area contributed by atoms with Crippen molar-refractivity contribution in [1.82, 2.24) is 0 Å². The number of benzene rings is 2. The fraction of sp³-hybridized carbons (Fsp3) is 0.538. The van der Waals surface area contributed by atoms with Gasteiger partial charge in [0.25, 0.3) is 0 Å². The number of ether oxygens (including phenoxy) is 2. The van der Waals surface area contributed by atoms with E-state index in [9.17, 15) is 9.13 Å². The van der Waals surface area contributed by atoms with E-state index in [-0.39, 0.29) is 31.5 Å². The first-order chi connectivity index (χ1) is 18.7. The SMILES string of the molecule is CO.COP(=O)(CC(CO)CO)OC.COP(=O)(CC1COC(c2ccccc2)(c2ccccc2)OC1)OC. The Morgan fingerprint density at radius 2 is 1.15 bits per heavy atom. The molecule has 3 rings (SSSR count). The topological polar surface area (TPSA) is 150 Å². The minimum Gasteiger partial charge on any atom is -0.400 e. The summed E-state index contributed by atoms with van der Waals surface area (Å²) in [7, 11) is 0.154. The van der Waals surface area contributed by atoms with E-state index >= 15 is 0 Å². The monoisotopic (exact) mass is 592 g/mol. The molecule has 0 atom stereocenters. The van der Waals surface area contributed by atoms with Crippen molar-refractivity contribution in [3.8, 4) is 0 Å². The predicted molar refractivity (Wildman–Crippen MR) is 148 cm³/mol. The lowest BCUT2D eigenvalue weighted by Gasteiger charge is -2.41. The summed E-state index contributed by atoms with van der Waals surface area (Å²) in [6, 6.07) is 19.7. The van der Waals surface area contributed by atoms with Crippen molar-refractivity contribution in [3.63, 3.8) is 0 Å². The second-order valence-corrected chi connectivity index (χ2v) is 13.0. The average Bonchev–Trinajstić information content (AvgIpc) is 3.02. The second-order valence-electron chi connectivity index (χ2n) is 8.39. The lowest BCUT2D eigenvalue weighted by atomic mass is 9.95. The first kappa shape index (κ1) is 35.6. The van der Waals surface area contributed by atoms with Crippen molar-refractivity contribution < 1.29 is 52.0 Å². The molecule has 11 nitrogen and oxygen atoms in total. The quantitative estimate of drug-likeness (QED) is 0.310. The van der Waals surface area contributed by atoms with Gasteiger partial charge in [0.1, 0.15) is 0 Å². The fourth-order valence-electron chi connectivity index (χ4n) is 3.73. The molecule has 0 radical (unpaired) electrons. The smallest absolute Gasteiger partial charge is 0.330 e. The molecule has 1 saturated heterocycles. The third-order valence-electron chi connectivity index (χ3n) is 5.94. The highest BCUT2D eigenvalue weighted by molar-refractivity contribution is 7.54. The van der Waals surface area contributed by atoms with Crippen LogP contribution in [0.5, 0.6) is 0 Å². The molecule has 0 aliphatic carbocycles. The molecule has 13 heteroatoms. The van der Waals surface area contributed by atoms with Gasteiger partial charge in [-0.25, -0.2) is 0 Å². The highest BCUT2D eigenvalue weighted by Gasteiger charge is 2.42. The highest BCUT2D eigenvalue weighted by atomic mass is 31.2. The molecule has 39 heavy (non-hydrogen) atoms. The molecule has 222 valence electrons. The number of hydrogen-bond acceptors (Lipinski definition) is 11. The summed E-state index contributed by atoms with van der Waals surface area (Å²) >= 11 is 0. The third-order valence-corrected chi connectivity index (χ3v) is 10.1. The Labute approximate surface area is 231 Å². The predicted octanol–water partition coefficient (Wildman–Crippen LogP) is 3.72. The lowest BCUT2D eigenvalue weighted by Crippen LogP contribution is -2.43. The molecule has 2 aromatic rings. The zero-order valence-corrected chi connectivity index (χ0v) is 25.0. The van der Waals surface area contributed by atoms with E-state index in [1.165, 1.54) is 28.4 Å². The number of aliphatic hydroxyl groups excluding tert-OH is 3. The molecular formula is C26H42O11P2. The van der Waals surface area contributed by atoms with Gasteiger partial charge in [0.15, 0.2) is 0 Å². The zero-order valence-electron chi connectivity index (χ0n) is 23.2. The van der Waals surface area contributed by atoms with Gasteiger partial charge in [-0.15, -0.1) is 0 Å². The van der Waals surface area contributed by atoms with Gasteiger partial charge in [0.05, 0.1) is 25.5 Å². The molecule has 1 fully saturated rings. The number of aliphatic hydroxyl groups is 3. The molecule has 1 heterocycles. The Hall–Kier alpha value is -1.46. The average molecular weight is 593 g/mol. The summed E-state index contributed by atoms with van der Waals surface area (Å²) in [6.07, 6.45) is 0.298. The van der Waals surface area contributed by atoms with Crippen LogP contribution in [-0.4, -0.2) is 89.6 Å². The second kappa shape index (κ2) is 18.1. The van der Waals surface area contributed by atoms with Gasteiger partial charge in [0.2, 0.25) is 5.79 Å². The molecule has 0 unspecified atom stereocenters. The molecule has 3 N–H and O–H groups in total. The maximum Gasteiger partial charge on any atom is 0.330 e. The van der Waals surface area contributed by atoms with E-state index in [4.69, 9.17) is 33.8 Å². The molecule has 0 spiro atoms. The van der Waals surface area contributed by atoms with Crippen LogP contribution in [0.2, 0.25) is 0 Å². The number of hydrogen-bond donors (Lipinski definition) is 3. The summed E-state index contributed by atoms with van der Waals surface area (Å²) in [5.74, 6) is -1.47. The molecule has 1 aliphatic heterocycles. The fourth-order valence-corrected chi connectivity index (χ4v) is 6.33. The van der Waals surface area contributed by atoms with Crippen LogP contribution >= 0.6 is 15.2 Å². The highest BCUT2D eigenvalue weighted by Crippen LogP contribution is 2.50. The van der Waals surface area contributed by atoms with Crippen molar-refractivity contribution in [3.05, 3.63) is 71.8 Å². The van der Waals surface area contributed by atoms with E-state index in [1.54, 1.807) is 0 Å². The van der Waals surface area contributed by atoms with Crippen LogP contribution in [0.4, 0.5) is 0 Å². The molecule has 0 bridgehead atoms. The van der Waals surface area contributed by atoms with Gasteiger partial charge >= 0.3 is 15.2 Å². The summed E-state index contributed by atoms with van der Waals surface area (Å²) in [4.78, 5) is 0. The Kier molecular flexibility index (Phi) is 16.5. The largest absolute Gasteiger partial charge is 0.400 e.